The quantitative estimate of drug-likeness (QED) is 0.649. The Balaban J connectivity index is 1.95. The predicted octanol–water partition coefficient (Wildman–Crippen LogP) is 4.92. The molecule has 2 aromatic rings. The van der Waals surface area contributed by atoms with Crippen LogP contribution in [0.3, 0.4) is 0 Å². The molecule has 0 spiro atoms. The summed E-state index contributed by atoms with van der Waals surface area (Å²) in [4.78, 5) is 4.32. The van der Waals surface area contributed by atoms with E-state index in [4.69, 9.17) is 4.74 Å². The number of halogens is 2. The van der Waals surface area contributed by atoms with Crippen LogP contribution >= 0.6 is 0 Å². The Bertz CT molecular complexity index is 556. The van der Waals surface area contributed by atoms with E-state index in [2.05, 4.69) is 16.6 Å². The molecule has 0 aliphatic rings. The smallest absolute Gasteiger partial charge is 0.387 e. The van der Waals surface area contributed by atoms with Crippen molar-refractivity contribution in [2.24, 2.45) is 0 Å². The molecule has 1 aromatic carbocycles. The van der Waals surface area contributed by atoms with Gasteiger partial charge in [-0.25, -0.2) is 0 Å². The first-order valence-electron chi connectivity index (χ1n) is 7.33. The van der Waals surface area contributed by atoms with E-state index in [1.54, 1.807) is 18.3 Å². The molecule has 0 saturated heterocycles. The Morgan fingerprint density at radius 1 is 1.00 bits per heavy atom. The molecule has 0 bridgehead atoms. The minimum atomic E-state index is -2.81. The van der Waals surface area contributed by atoms with Crippen LogP contribution in [-0.4, -0.2) is 18.2 Å². The lowest BCUT2D eigenvalue weighted by Gasteiger charge is -2.07. The van der Waals surface area contributed by atoms with E-state index in [1.807, 2.05) is 12.1 Å². The largest absolute Gasteiger partial charge is 0.492 e. The SMILES string of the molecule is CCCCCOc1ccc(-c2ccc(OC(F)F)cc2)nc1. The molecule has 0 aliphatic carbocycles. The molecule has 118 valence electrons. The van der Waals surface area contributed by atoms with Gasteiger partial charge < -0.3 is 9.47 Å². The zero-order valence-electron chi connectivity index (χ0n) is 12.5. The second-order valence-electron chi connectivity index (χ2n) is 4.84. The van der Waals surface area contributed by atoms with E-state index in [9.17, 15) is 8.78 Å². The van der Waals surface area contributed by atoms with Crippen LogP contribution in [0, 0.1) is 0 Å². The van der Waals surface area contributed by atoms with E-state index in [0.29, 0.717) is 6.61 Å². The third-order valence-electron chi connectivity index (χ3n) is 3.13. The molecule has 1 aromatic heterocycles. The van der Waals surface area contributed by atoms with Crippen LogP contribution in [0.15, 0.2) is 42.6 Å². The number of rotatable bonds is 8. The van der Waals surface area contributed by atoms with E-state index < -0.39 is 6.61 Å². The van der Waals surface area contributed by atoms with Crippen LogP contribution in [-0.2, 0) is 0 Å². The number of unbranched alkanes of at least 4 members (excludes halogenated alkanes) is 2. The van der Waals surface area contributed by atoms with E-state index in [-0.39, 0.29) is 5.75 Å². The number of nitrogens with zero attached hydrogens (tertiary/aromatic N) is 1. The number of aromatic nitrogens is 1. The average Bonchev–Trinajstić information content (AvgIpc) is 2.52. The third-order valence-corrected chi connectivity index (χ3v) is 3.13. The van der Waals surface area contributed by atoms with Gasteiger partial charge in [-0.05, 0) is 42.8 Å². The highest BCUT2D eigenvalue weighted by atomic mass is 19.3. The summed E-state index contributed by atoms with van der Waals surface area (Å²) in [5, 5.41) is 0. The molecule has 0 radical (unpaired) electrons. The van der Waals surface area contributed by atoms with Crippen molar-refractivity contribution in [2.75, 3.05) is 6.61 Å². The molecule has 2 rings (SSSR count). The van der Waals surface area contributed by atoms with Gasteiger partial charge in [0.05, 0.1) is 18.5 Å². The van der Waals surface area contributed by atoms with Gasteiger partial charge in [0, 0.05) is 5.56 Å². The van der Waals surface area contributed by atoms with Gasteiger partial charge in [-0.15, -0.1) is 0 Å². The molecule has 22 heavy (non-hydrogen) atoms. The molecule has 0 saturated carbocycles. The summed E-state index contributed by atoms with van der Waals surface area (Å²) < 4.78 is 34.1. The first-order valence-corrected chi connectivity index (χ1v) is 7.33. The molecule has 3 nitrogen and oxygen atoms in total. The number of hydrogen-bond donors (Lipinski definition) is 0. The highest BCUT2D eigenvalue weighted by Crippen LogP contribution is 2.23. The van der Waals surface area contributed by atoms with Gasteiger partial charge in [-0.3, -0.25) is 4.98 Å². The molecule has 0 aliphatic heterocycles. The standard InChI is InChI=1S/C17H19F2NO2/c1-2-3-4-11-21-15-9-10-16(20-12-15)13-5-7-14(8-6-13)22-17(18)19/h5-10,12,17H,2-4,11H2,1H3. The number of ether oxygens (including phenoxy) is 2. The Morgan fingerprint density at radius 2 is 1.73 bits per heavy atom. The Kier molecular flexibility index (Phi) is 6.13. The monoisotopic (exact) mass is 307 g/mol. The third kappa shape index (κ3) is 4.98. The van der Waals surface area contributed by atoms with Gasteiger partial charge >= 0.3 is 6.61 Å². The minimum Gasteiger partial charge on any atom is -0.492 e. The van der Waals surface area contributed by atoms with Gasteiger partial charge in [-0.1, -0.05) is 19.8 Å². The maximum absolute atomic E-state index is 12.1. The van der Waals surface area contributed by atoms with Crippen LogP contribution in [0.4, 0.5) is 8.78 Å². The van der Waals surface area contributed by atoms with Gasteiger partial charge in [0.2, 0.25) is 0 Å². The summed E-state index contributed by atoms with van der Waals surface area (Å²) in [5.74, 6) is 0.868. The van der Waals surface area contributed by atoms with Crippen molar-refractivity contribution in [3.8, 4) is 22.8 Å². The molecule has 0 N–H and O–H groups in total. The summed E-state index contributed by atoms with van der Waals surface area (Å²) in [6.07, 6.45) is 5.01. The molecular formula is C17H19F2NO2. The molecule has 0 unspecified atom stereocenters. The van der Waals surface area contributed by atoms with Crippen molar-refractivity contribution in [3.05, 3.63) is 42.6 Å². The molecule has 0 fully saturated rings. The summed E-state index contributed by atoms with van der Waals surface area (Å²) in [5.41, 5.74) is 1.59. The number of benzene rings is 1. The number of alkyl halides is 2. The fraction of sp³-hybridized carbons (Fsp3) is 0.353. The fourth-order valence-electron chi connectivity index (χ4n) is 1.99. The molecule has 0 amide bonds. The Labute approximate surface area is 128 Å². The average molecular weight is 307 g/mol. The molecule has 5 heteroatoms. The second kappa shape index (κ2) is 8.32. The summed E-state index contributed by atoms with van der Waals surface area (Å²) in [6, 6.07) is 10.1. The molecule has 1 heterocycles. The van der Waals surface area contributed by atoms with Crippen molar-refractivity contribution < 1.29 is 18.3 Å². The summed E-state index contributed by atoms with van der Waals surface area (Å²) in [6.45, 7) is 0.0239. The van der Waals surface area contributed by atoms with Crippen molar-refractivity contribution in [1.29, 1.82) is 0 Å². The van der Waals surface area contributed by atoms with Crippen molar-refractivity contribution in [2.45, 2.75) is 32.8 Å². The minimum absolute atomic E-state index is 0.134. The maximum atomic E-state index is 12.1. The topological polar surface area (TPSA) is 31.4 Å². The van der Waals surface area contributed by atoms with E-state index in [0.717, 1.165) is 36.3 Å². The second-order valence-corrected chi connectivity index (χ2v) is 4.84. The fourth-order valence-corrected chi connectivity index (χ4v) is 1.99. The normalized spacial score (nSPS) is 10.7. The van der Waals surface area contributed by atoms with Crippen LogP contribution in [0.5, 0.6) is 11.5 Å². The predicted molar refractivity (Wildman–Crippen MR) is 81.3 cm³/mol. The van der Waals surface area contributed by atoms with Crippen molar-refractivity contribution >= 4 is 0 Å². The van der Waals surface area contributed by atoms with Crippen LogP contribution in [0.25, 0.3) is 11.3 Å². The maximum Gasteiger partial charge on any atom is 0.387 e. The highest BCUT2D eigenvalue weighted by molar-refractivity contribution is 5.60. The number of pyridine rings is 1. The number of hydrogen-bond acceptors (Lipinski definition) is 3. The molecular weight excluding hydrogens is 288 g/mol. The summed E-state index contributed by atoms with van der Waals surface area (Å²) in [7, 11) is 0. The zero-order valence-corrected chi connectivity index (χ0v) is 12.5. The lowest BCUT2D eigenvalue weighted by Crippen LogP contribution is -2.01. The summed E-state index contributed by atoms with van der Waals surface area (Å²) >= 11 is 0. The van der Waals surface area contributed by atoms with Crippen molar-refractivity contribution in [3.63, 3.8) is 0 Å². The van der Waals surface area contributed by atoms with Crippen molar-refractivity contribution in [1.82, 2.24) is 4.98 Å². The van der Waals surface area contributed by atoms with Gasteiger partial charge in [0.15, 0.2) is 0 Å². The van der Waals surface area contributed by atoms with Gasteiger partial charge in [0.25, 0.3) is 0 Å². The van der Waals surface area contributed by atoms with Crippen LogP contribution in [0.1, 0.15) is 26.2 Å². The lowest BCUT2D eigenvalue weighted by molar-refractivity contribution is -0.0498. The van der Waals surface area contributed by atoms with Gasteiger partial charge in [-0.2, -0.15) is 8.78 Å². The first-order chi connectivity index (χ1) is 10.7. The van der Waals surface area contributed by atoms with Crippen LogP contribution in [0.2, 0.25) is 0 Å². The molecule has 0 atom stereocenters. The van der Waals surface area contributed by atoms with Gasteiger partial charge in [0.1, 0.15) is 11.5 Å². The Hall–Kier alpha value is -2.17. The van der Waals surface area contributed by atoms with E-state index in [1.165, 1.54) is 12.1 Å². The zero-order chi connectivity index (χ0) is 15.8. The van der Waals surface area contributed by atoms with Crippen LogP contribution < -0.4 is 9.47 Å². The lowest BCUT2D eigenvalue weighted by atomic mass is 10.1. The van der Waals surface area contributed by atoms with E-state index >= 15 is 0 Å². The first kappa shape index (κ1) is 16.2. The highest BCUT2D eigenvalue weighted by Gasteiger charge is 2.05. The Morgan fingerprint density at radius 3 is 2.32 bits per heavy atom.